The van der Waals surface area contributed by atoms with Crippen LogP contribution in [0.2, 0.25) is 0 Å². The summed E-state index contributed by atoms with van der Waals surface area (Å²) in [5, 5.41) is 28.7. The number of nitrogen functional groups attached to an aromatic ring is 1. The third-order valence-electron chi connectivity index (χ3n) is 3.37. The van der Waals surface area contributed by atoms with Crippen molar-refractivity contribution in [2.45, 2.75) is 24.5 Å². The highest BCUT2D eigenvalue weighted by atomic mass is 19.1. The Morgan fingerprint density at radius 1 is 1.35 bits per heavy atom. The molecule has 4 atom stereocenters. The zero-order valence-electron chi connectivity index (χ0n) is 10.2. The van der Waals surface area contributed by atoms with E-state index in [1.807, 2.05) is 0 Å². The van der Waals surface area contributed by atoms with Crippen LogP contribution < -0.4 is 5.73 Å². The third kappa shape index (κ3) is 1.75. The van der Waals surface area contributed by atoms with Crippen LogP contribution in [0.25, 0.3) is 11.0 Å². The minimum Gasteiger partial charge on any atom is -0.394 e. The number of fused-ring (bicyclic) bond motifs is 1. The molecule has 9 heteroatoms. The molecule has 3 rings (SSSR count). The zero-order valence-corrected chi connectivity index (χ0v) is 10.2. The number of nitrogens with zero attached hydrogens (tertiary/aromatic N) is 3. The lowest BCUT2D eigenvalue weighted by atomic mass is 10.1. The predicted octanol–water partition coefficient (Wildman–Crippen LogP) is -1.24. The van der Waals surface area contributed by atoms with Gasteiger partial charge in [0, 0.05) is 0 Å². The summed E-state index contributed by atoms with van der Waals surface area (Å²) < 4.78 is 20.4. The zero-order chi connectivity index (χ0) is 14.4. The molecule has 20 heavy (non-hydrogen) atoms. The van der Waals surface area contributed by atoms with Crippen LogP contribution in [0.4, 0.5) is 10.2 Å². The van der Waals surface area contributed by atoms with Gasteiger partial charge in [0.2, 0.25) is 0 Å². The second kappa shape index (κ2) is 4.63. The first-order valence-electron chi connectivity index (χ1n) is 5.93. The maximum Gasteiger partial charge on any atom is 0.167 e. The molecule has 2 aromatic rings. The Morgan fingerprint density at radius 3 is 2.75 bits per heavy atom. The molecule has 0 amide bonds. The van der Waals surface area contributed by atoms with Gasteiger partial charge in [0.25, 0.3) is 0 Å². The molecule has 8 nitrogen and oxygen atoms in total. The lowest BCUT2D eigenvalue weighted by Crippen LogP contribution is -2.33. The summed E-state index contributed by atoms with van der Waals surface area (Å²) in [5.74, 6) is -0.628. The van der Waals surface area contributed by atoms with Crippen LogP contribution in [0, 0.1) is 5.82 Å². The quantitative estimate of drug-likeness (QED) is 0.543. The fourth-order valence-electron chi connectivity index (χ4n) is 2.34. The first kappa shape index (κ1) is 13.2. The summed E-state index contributed by atoms with van der Waals surface area (Å²) >= 11 is 0. The lowest BCUT2D eigenvalue weighted by Gasteiger charge is -2.17. The van der Waals surface area contributed by atoms with Crippen LogP contribution in [0.1, 0.15) is 6.23 Å². The summed E-state index contributed by atoms with van der Waals surface area (Å²) in [6, 6.07) is 0. The van der Waals surface area contributed by atoms with Crippen LogP contribution >= 0.6 is 0 Å². The summed E-state index contributed by atoms with van der Waals surface area (Å²) in [6.07, 6.45) is -2.43. The Kier molecular flexibility index (Phi) is 3.05. The number of hydrogen-bond acceptors (Lipinski definition) is 7. The van der Waals surface area contributed by atoms with Gasteiger partial charge in [-0.1, -0.05) is 0 Å². The number of pyridine rings is 1. The first-order chi connectivity index (χ1) is 9.54. The van der Waals surface area contributed by atoms with Crippen molar-refractivity contribution in [1.82, 2.24) is 14.5 Å². The molecule has 1 saturated heterocycles. The van der Waals surface area contributed by atoms with Gasteiger partial charge in [0.15, 0.2) is 17.9 Å². The molecule has 0 spiro atoms. The first-order valence-corrected chi connectivity index (χ1v) is 5.93. The second-order valence-electron chi connectivity index (χ2n) is 4.57. The second-order valence-corrected chi connectivity index (χ2v) is 4.57. The number of halogens is 1. The molecule has 0 radical (unpaired) electrons. The number of nitrogens with two attached hydrogens (primary N) is 1. The van der Waals surface area contributed by atoms with E-state index in [0.717, 1.165) is 6.20 Å². The molecule has 1 aliphatic rings. The van der Waals surface area contributed by atoms with Crippen LogP contribution in [0.5, 0.6) is 0 Å². The van der Waals surface area contributed by atoms with Gasteiger partial charge in [0.05, 0.1) is 19.1 Å². The van der Waals surface area contributed by atoms with Crippen molar-refractivity contribution in [2.24, 2.45) is 0 Å². The molecule has 5 N–H and O–H groups in total. The fourth-order valence-corrected chi connectivity index (χ4v) is 2.34. The Bertz CT molecular complexity index is 649. The van der Waals surface area contributed by atoms with Crippen molar-refractivity contribution in [3.8, 4) is 0 Å². The number of imidazole rings is 1. The van der Waals surface area contributed by atoms with E-state index in [9.17, 15) is 14.6 Å². The SMILES string of the molecule is Nc1ncc(F)c2c1ncn2C1O[C@H](CO)[C@@H](O)[C@H]1O. The minimum absolute atomic E-state index is 0.0207. The van der Waals surface area contributed by atoms with Crippen molar-refractivity contribution < 1.29 is 24.4 Å². The standard InChI is InChI=1S/C11H13FN4O4/c12-4-1-14-10(13)6-7(4)16(3-15-6)11-9(19)8(18)5(2-17)20-11/h1,3,5,8-9,11,17-19H,2H2,(H2,13,14)/t5-,8-,9-,11?/m1/s1. The Morgan fingerprint density at radius 2 is 2.10 bits per heavy atom. The van der Waals surface area contributed by atoms with Crippen molar-refractivity contribution in [3.63, 3.8) is 0 Å². The number of ether oxygens (including phenoxy) is 1. The number of hydrogen-bond donors (Lipinski definition) is 4. The molecular weight excluding hydrogens is 271 g/mol. The summed E-state index contributed by atoms with van der Waals surface area (Å²) in [6.45, 7) is -0.465. The molecule has 1 fully saturated rings. The van der Waals surface area contributed by atoms with Gasteiger partial charge in [-0.25, -0.2) is 14.4 Å². The minimum atomic E-state index is -1.32. The van der Waals surface area contributed by atoms with Gasteiger partial charge in [-0.05, 0) is 0 Å². The molecular formula is C11H13FN4O4. The normalized spacial score (nSPS) is 30.2. The molecule has 108 valence electrons. The van der Waals surface area contributed by atoms with E-state index in [2.05, 4.69) is 9.97 Å². The number of aliphatic hydroxyl groups excluding tert-OH is 3. The van der Waals surface area contributed by atoms with E-state index in [1.165, 1.54) is 10.9 Å². The topological polar surface area (TPSA) is 127 Å². The molecule has 3 heterocycles. The highest BCUT2D eigenvalue weighted by Gasteiger charge is 2.44. The monoisotopic (exact) mass is 284 g/mol. The summed E-state index contributed by atoms with van der Waals surface area (Å²) in [7, 11) is 0. The summed E-state index contributed by atoms with van der Waals surface area (Å²) in [5.41, 5.74) is 5.77. The summed E-state index contributed by atoms with van der Waals surface area (Å²) in [4.78, 5) is 7.58. The van der Waals surface area contributed by atoms with Crippen molar-refractivity contribution in [3.05, 3.63) is 18.3 Å². The smallest absolute Gasteiger partial charge is 0.167 e. The van der Waals surface area contributed by atoms with E-state index in [-0.39, 0.29) is 16.9 Å². The van der Waals surface area contributed by atoms with Gasteiger partial charge < -0.3 is 25.8 Å². The molecule has 1 aliphatic heterocycles. The largest absolute Gasteiger partial charge is 0.394 e. The third-order valence-corrected chi connectivity index (χ3v) is 3.37. The number of anilines is 1. The number of rotatable bonds is 2. The number of aromatic nitrogens is 3. The Balaban J connectivity index is 2.10. The predicted molar refractivity (Wildman–Crippen MR) is 64.9 cm³/mol. The van der Waals surface area contributed by atoms with E-state index in [0.29, 0.717) is 0 Å². The molecule has 0 saturated carbocycles. The van der Waals surface area contributed by atoms with E-state index in [1.54, 1.807) is 0 Å². The van der Waals surface area contributed by atoms with Crippen LogP contribution in [0.3, 0.4) is 0 Å². The highest BCUT2D eigenvalue weighted by molar-refractivity contribution is 5.85. The molecule has 0 bridgehead atoms. The maximum atomic E-state index is 13.9. The van der Waals surface area contributed by atoms with Gasteiger partial charge in [-0.15, -0.1) is 0 Å². The average Bonchev–Trinajstić information content (AvgIpc) is 2.99. The Labute approximate surface area is 112 Å². The van der Waals surface area contributed by atoms with Crippen LogP contribution in [-0.4, -0.2) is 54.8 Å². The molecule has 0 aromatic carbocycles. The van der Waals surface area contributed by atoms with Crippen LogP contribution in [-0.2, 0) is 4.74 Å². The molecule has 1 unspecified atom stereocenters. The molecule has 0 aliphatic carbocycles. The van der Waals surface area contributed by atoms with Gasteiger partial charge in [-0.3, -0.25) is 4.57 Å². The number of aliphatic hydroxyl groups is 3. The van der Waals surface area contributed by atoms with E-state index in [4.69, 9.17) is 15.6 Å². The van der Waals surface area contributed by atoms with E-state index < -0.39 is 37.0 Å². The van der Waals surface area contributed by atoms with Gasteiger partial charge in [0.1, 0.15) is 29.3 Å². The van der Waals surface area contributed by atoms with Gasteiger partial charge in [-0.2, -0.15) is 0 Å². The molecule has 2 aromatic heterocycles. The van der Waals surface area contributed by atoms with Crippen molar-refractivity contribution in [1.29, 1.82) is 0 Å². The van der Waals surface area contributed by atoms with Crippen molar-refractivity contribution in [2.75, 3.05) is 12.3 Å². The average molecular weight is 284 g/mol. The lowest BCUT2D eigenvalue weighted by molar-refractivity contribution is -0.0510. The van der Waals surface area contributed by atoms with E-state index >= 15 is 0 Å². The maximum absolute atomic E-state index is 13.9. The van der Waals surface area contributed by atoms with Crippen LogP contribution in [0.15, 0.2) is 12.5 Å². The fraction of sp³-hybridized carbons (Fsp3) is 0.455. The Hall–Kier alpha value is -1.81. The van der Waals surface area contributed by atoms with Crippen molar-refractivity contribution >= 4 is 16.9 Å². The highest BCUT2D eigenvalue weighted by Crippen LogP contribution is 2.33. The van der Waals surface area contributed by atoms with Gasteiger partial charge >= 0.3 is 0 Å².